The van der Waals surface area contributed by atoms with Crippen LogP contribution in [0.2, 0.25) is 0 Å². The van der Waals surface area contributed by atoms with E-state index in [4.69, 9.17) is 9.47 Å². The molecule has 0 spiro atoms. The Bertz CT molecular complexity index is 289. The largest absolute Gasteiger partial charge is 0.490 e. The van der Waals surface area contributed by atoms with Crippen LogP contribution in [0.1, 0.15) is 20.3 Å². The van der Waals surface area contributed by atoms with Crippen LogP contribution in [-0.4, -0.2) is 13.2 Å². The monoisotopic (exact) mass is 184 g/mol. The van der Waals surface area contributed by atoms with E-state index in [2.05, 4.69) is 0 Å². The molecule has 0 atom stereocenters. The van der Waals surface area contributed by atoms with Crippen molar-refractivity contribution < 1.29 is 13.9 Å². The van der Waals surface area contributed by atoms with Crippen LogP contribution in [0.4, 0.5) is 4.39 Å². The standard InChI is InChI=1S/C10H13FO2/c1-10(2)6-8-7(5-9(10)11)12-3-4-13-8/h5H,3-4,6H2,1-2H3. The third-order valence-electron chi connectivity index (χ3n) is 2.40. The molecule has 1 aliphatic carbocycles. The highest BCUT2D eigenvalue weighted by Crippen LogP contribution is 2.41. The van der Waals surface area contributed by atoms with Crippen molar-refractivity contribution in [1.82, 2.24) is 0 Å². The quantitative estimate of drug-likeness (QED) is 0.576. The van der Waals surface area contributed by atoms with Gasteiger partial charge in [-0.3, -0.25) is 0 Å². The van der Waals surface area contributed by atoms with E-state index in [9.17, 15) is 4.39 Å². The van der Waals surface area contributed by atoms with Crippen molar-refractivity contribution in [3.63, 3.8) is 0 Å². The van der Waals surface area contributed by atoms with Crippen molar-refractivity contribution in [2.24, 2.45) is 5.41 Å². The summed E-state index contributed by atoms with van der Waals surface area (Å²) in [5, 5.41) is 0. The lowest BCUT2D eigenvalue weighted by atomic mass is 9.83. The summed E-state index contributed by atoms with van der Waals surface area (Å²) in [7, 11) is 0. The van der Waals surface area contributed by atoms with Crippen LogP contribution in [0.3, 0.4) is 0 Å². The molecule has 0 saturated carbocycles. The number of ether oxygens (including phenoxy) is 2. The van der Waals surface area contributed by atoms with Gasteiger partial charge in [0.2, 0.25) is 0 Å². The highest BCUT2D eigenvalue weighted by molar-refractivity contribution is 5.29. The van der Waals surface area contributed by atoms with E-state index >= 15 is 0 Å². The second-order valence-corrected chi connectivity index (χ2v) is 4.04. The first kappa shape index (κ1) is 8.60. The average molecular weight is 184 g/mol. The fourth-order valence-electron chi connectivity index (χ4n) is 1.52. The molecule has 2 nitrogen and oxygen atoms in total. The van der Waals surface area contributed by atoms with Crippen LogP contribution in [-0.2, 0) is 9.47 Å². The Balaban J connectivity index is 2.32. The molecule has 72 valence electrons. The number of hydrogen-bond donors (Lipinski definition) is 0. The molecule has 0 N–H and O–H groups in total. The Morgan fingerprint density at radius 2 is 2.00 bits per heavy atom. The second-order valence-electron chi connectivity index (χ2n) is 4.04. The summed E-state index contributed by atoms with van der Waals surface area (Å²) in [5.41, 5.74) is -0.445. The van der Waals surface area contributed by atoms with E-state index in [0.717, 1.165) is 5.76 Å². The van der Waals surface area contributed by atoms with Crippen LogP contribution >= 0.6 is 0 Å². The summed E-state index contributed by atoms with van der Waals surface area (Å²) in [6.07, 6.45) is 2.03. The summed E-state index contributed by atoms with van der Waals surface area (Å²) < 4.78 is 24.1. The summed E-state index contributed by atoms with van der Waals surface area (Å²) >= 11 is 0. The zero-order chi connectivity index (χ0) is 9.47. The summed E-state index contributed by atoms with van der Waals surface area (Å²) in [6.45, 7) is 4.81. The van der Waals surface area contributed by atoms with E-state index < -0.39 is 5.41 Å². The van der Waals surface area contributed by atoms with Crippen LogP contribution in [0.5, 0.6) is 0 Å². The summed E-state index contributed by atoms with van der Waals surface area (Å²) in [5.74, 6) is 1.23. The van der Waals surface area contributed by atoms with Gasteiger partial charge in [0.25, 0.3) is 0 Å². The van der Waals surface area contributed by atoms with Gasteiger partial charge in [-0.05, 0) is 0 Å². The van der Waals surface area contributed by atoms with Crippen molar-refractivity contribution in [3.05, 3.63) is 23.4 Å². The first-order valence-corrected chi connectivity index (χ1v) is 4.46. The lowest BCUT2D eigenvalue weighted by Crippen LogP contribution is -2.24. The Labute approximate surface area is 77.0 Å². The molecule has 0 aromatic heterocycles. The van der Waals surface area contributed by atoms with Gasteiger partial charge in [-0.15, -0.1) is 0 Å². The fraction of sp³-hybridized carbons (Fsp3) is 0.600. The maximum atomic E-state index is 13.4. The van der Waals surface area contributed by atoms with E-state index in [0.29, 0.717) is 25.4 Å². The molecule has 0 aromatic carbocycles. The molecule has 0 radical (unpaired) electrons. The van der Waals surface area contributed by atoms with Crippen LogP contribution in [0, 0.1) is 5.41 Å². The Morgan fingerprint density at radius 1 is 1.31 bits per heavy atom. The number of hydrogen-bond acceptors (Lipinski definition) is 2. The van der Waals surface area contributed by atoms with Crippen molar-refractivity contribution in [2.45, 2.75) is 20.3 Å². The molecule has 0 aromatic rings. The Kier molecular flexibility index (Phi) is 1.82. The summed E-state index contributed by atoms with van der Waals surface area (Å²) in [4.78, 5) is 0. The van der Waals surface area contributed by atoms with Crippen LogP contribution in [0.15, 0.2) is 23.4 Å². The first-order valence-electron chi connectivity index (χ1n) is 4.46. The second kappa shape index (κ2) is 2.76. The SMILES string of the molecule is CC1(C)CC2=C(C=C1F)OCCO2. The van der Waals surface area contributed by atoms with Gasteiger partial charge in [-0.25, -0.2) is 4.39 Å². The van der Waals surface area contributed by atoms with Crippen molar-refractivity contribution >= 4 is 0 Å². The zero-order valence-electron chi connectivity index (χ0n) is 7.89. The molecule has 0 unspecified atom stereocenters. The third-order valence-corrected chi connectivity index (χ3v) is 2.40. The number of allylic oxidation sites excluding steroid dienone is 3. The zero-order valence-corrected chi connectivity index (χ0v) is 7.89. The van der Waals surface area contributed by atoms with Gasteiger partial charge in [0.15, 0.2) is 5.76 Å². The molecular weight excluding hydrogens is 171 g/mol. The molecule has 1 heterocycles. The molecule has 13 heavy (non-hydrogen) atoms. The van der Waals surface area contributed by atoms with Gasteiger partial charge < -0.3 is 9.47 Å². The van der Waals surface area contributed by atoms with Gasteiger partial charge in [0, 0.05) is 17.9 Å². The molecular formula is C10H13FO2. The normalized spacial score (nSPS) is 25.6. The molecule has 0 saturated heterocycles. The summed E-state index contributed by atoms with van der Waals surface area (Å²) in [6, 6.07) is 0. The topological polar surface area (TPSA) is 18.5 Å². The predicted octanol–water partition coefficient (Wildman–Crippen LogP) is 2.53. The molecule has 0 amide bonds. The van der Waals surface area contributed by atoms with Crippen molar-refractivity contribution in [1.29, 1.82) is 0 Å². The number of rotatable bonds is 0. The molecule has 0 fully saturated rings. The Morgan fingerprint density at radius 3 is 2.77 bits per heavy atom. The van der Waals surface area contributed by atoms with Gasteiger partial charge >= 0.3 is 0 Å². The van der Waals surface area contributed by atoms with Gasteiger partial charge in [-0.2, -0.15) is 0 Å². The van der Waals surface area contributed by atoms with E-state index in [1.165, 1.54) is 6.08 Å². The molecule has 3 heteroatoms. The fourth-order valence-corrected chi connectivity index (χ4v) is 1.52. The maximum Gasteiger partial charge on any atom is 0.159 e. The first-order chi connectivity index (χ1) is 6.09. The molecule has 0 bridgehead atoms. The lowest BCUT2D eigenvalue weighted by Gasteiger charge is -2.31. The van der Waals surface area contributed by atoms with Crippen LogP contribution < -0.4 is 0 Å². The van der Waals surface area contributed by atoms with E-state index in [-0.39, 0.29) is 5.83 Å². The van der Waals surface area contributed by atoms with Gasteiger partial charge in [0.1, 0.15) is 24.8 Å². The van der Waals surface area contributed by atoms with Crippen LogP contribution in [0.25, 0.3) is 0 Å². The average Bonchev–Trinajstić information content (AvgIpc) is 2.06. The highest BCUT2D eigenvalue weighted by atomic mass is 19.1. The third kappa shape index (κ3) is 1.43. The van der Waals surface area contributed by atoms with Gasteiger partial charge in [0.05, 0.1) is 0 Å². The van der Waals surface area contributed by atoms with Gasteiger partial charge in [-0.1, -0.05) is 13.8 Å². The van der Waals surface area contributed by atoms with Crippen molar-refractivity contribution in [2.75, 3.05) is 13.2 Å². The highest BCUT2D eigenvalue weighted by Gasteiger charge is 2.33. The van der Waals surface area contributed by atoms with E-state index in [1.807, 2.05) is 13.8 Å². The Hall–Kier alpha value is -0.990. The molecule has 2 rings (SSSR count). The number of halogens is 1. The minimum Gasteiger partial charge on any atom is -0.490 e. The smallest absolute Gasteiger partial charge is 0.159 e. The van der Waals surface area contributed by atoms with Crippen molar-refractivity contribution in [3.8, 4) is 0 Å². The minimum atomic E-state index is -0.445. The van der Waals surface area contributed by atoms with E-state index in [1.54, 1.807) is 0 Å². The minimum absolute atomic E-state index is 0.128. The molecule has 1 aliphatic heterocycles. The maximum absolute atomic E-state index is 13.4. The molecule has 2 aliphatic rings. The predicted molar refractivity (Wildman–Crippen MR) is 46.5 cm³/mol. The lowest BCUT2D eigenvalue weighted by molar-refractivity contribution is 0.0497.